The molecular weight excluding hydrogens is 462 g/mol. The molecule has 2 heterocycles. The molecule has 0 saturated carbocycles. The van der Waals surface area contributed by atoms with E-state index in [2.05, 4.69) is 15.5 Å². The van der Waals surface area contributed by atoms with Crippen LogP contribution in [0.2, 0.25) is 10.2 Å². The maximum atomic E-state index is 13.6. The largest absolute Gasteiger partial charge is 0.416 e. The second-order valence-electron chi connectivity index (χ2n) is 6.40. The van der Waals surface area contributed by atoms with Gasteiger partial charge >= 0.3 is 6.18 Å². The average Bonchev–Trinajstić information content (AvgIpc) is 3.21. The molecule has 3 aromatic rings. The fraction of sp³-hybridized carbons (Fsp3) is 0.105. The Kier molecular flexibility index (Phi) is 5.29. The van der Waals surface area contributed by atoms with E-state index in [-0.39, 0.29) is 32.6 Å². The molecule has 0 bridgehead atoms. The number of alkyl halides is 3. The van der Waals surface area contributed by atoms with Crippen molar-refractivity contribution >= 4 is 62.6 Å². The van der Waals surface area contributed by atoms with Crippen LogP contribution in [0.3, 0.4) is 0 Å². The third-order valence-electron chi connectivity index (χ3n) is 4.50. The van der Waals surface area contributed by atoms with E-state index in [0.29, 0.717) is 28.2 Å². The summed E-state index contributed by atoms with van der Waals surface area (Å²) in [5.74, 6) is -0.666. The van der Waals surface area contributed by atoms with Gasteiger partial charge in [0.15, 0.2) is 5.15 Å². The molecule has 0 radical (unpaired) electrons. The Bertz CT molecular complexity index is 1240. The van der Waals surface area contributed by atoms with E-state index in [1.165, 1.54) is 12.1 Å². The number of halogens is 5. The minimum atomic E-state index is -4.64. The highest BCUT2D eigenvalue weighted by molar-refractivity contribution is 8.18. The van der Waals surface area contributed by atoms with Gasteiger partial charge in [-0.2, -0.15) is 18.3 Å². The van der Waals surface area contributed by atoms with Crippen LogP contribution < -0.4 is 5.32 Å². The number of benzene rings is 2. The first-order valence-electron chi connectivity index (χ1n) is 8.39. The molecule has 1 saturated heterocycles. The van der Waals surface area contributed by atoms with Gasteiger partial charge in [-0.25, -0.2) is 0 Å². The Balaban J connectivity index is 1.90. The van der Waals surface area contributed by atoms with Gasteiger partial charge < -0.3 is 0 Å². The van der Waals surface area contributed by atoms with Gasteiger partial charge in [-0.1, -0.05) is 35.3 Å². The number of hydrogen-bond acceptors (Lipinski definition) is 4. The second-order valence-corrected chi connectivity index (χ2v) is 8.18. The SMILES string of the molecule is O=C1NC(=O)/C(=C(\Cc2ccc(Cl)cc2C(F)(F)F)c2ccc3[nH]nc(Cl)c3c2)S1. The van der Waals surface area contributed by atoms with Crippen molar-refractivity contribution in [1.29, 1.82) is 0 Å². The summed E-state index contributed by atoms with van der Waals surface area (Å²) in [6, 6.07) is 8.33. The summed E-state index contributed by atoms with van der Waals surface area (Å²) in [7, 11) is 0. The number of carbonyl (C=O) groups is 2. The molecule has 2 N–H and O–H groups in total. The van der Waals surface area contributed by atoms with Crippen LogP contribution in [-0.2, 0) is 17.4 Å². The molecule has 1 aliphatic heterocycles. The number of hydrogen-bond donors (Lipinski definition) is 2. The Morgan fingerprint density at radius 1 is 1.10 bits per heavy atom. The number of H-pyrrole nitrogens is 1. The second kappa shape index (κ2) is 7.64. The van der Waals surface area contributed by atoms with Crippen molar-refractivity contribution in [3.63, 3.8) is 0 Å². The molecule has 2 amide bonds. The van der Waals surface area contributed by atoms with Crippen molar-refractivity contribution in [1.82, 2.24) is 15.5 Å². The van der Waals surface area contributed by atoms with Crippen LogP contribution in [-0.4, -0.2) is 21.3 Å². The summed E-state index contributed by atoms with van der Waals surface area (Å²) in [5, 5.41) is 8.81. The van der Waals surface area contributed by atoms with Gasteiger partial charge in [-0.3, -0.25) is 20.0 Å². The quantitative estimate of drug-likeness (QED) is 0.471. The normalized spacial score (nSPS) is 16.3. The lowest BCUT2D eigenvalue weighted by atomic mass is 9.93. The van der Waals surface area contributed by atoms with Crippen molar-refractivity contribution in [3.05, 3.63) is 68.2 Å². The van der Waals surface area contributed by atoms with E-state index in [4.69, 9.17) is 23.2 Å². The number of nitrogens with zero attached hydrogens (tertiary/aromatic N) is 1. The average molecular weight is 472 g/mol. The lowest BCUT2D eigenvalue weighted by Gasteiger charge is -2.16. The highest BCUT2D eigenvalue weighted by Crippen LogP contribution is 2.39. The molecule has 2 aromatic carbocycles. The summed E-state index contributed by atoms with van der Waals surface area (Å²) in [4.78, 5) is 24.0. The highest BCUT2D eigenvalue weighted by Gasteiger charge is 2.35. The number of imide groups is 1. The molecule has 0 atom stereocenters. The molecular formula is C19H10Cl2F3N3O2S. The van der Waals surface area contributed by atoms with Gasteiger partial charge in [0.25, 0.3) is 11.1 Å². The monoisotopic (exact) mass is 471 g/mol. The highest BCUT2D eigenvalue weighted by atomic mass is 35.5. The van der Waals surface area contributed by atoms with Crippen LogP contribution >= 0.6 is 35.0 Å². The number of carbonyl (C=O) groups excluding carboxylic acids is 2. The Labute approximate surface area is 181 Å². The van der Waals surface area contributed by atoms with Gasteiger partial charge in [-0.05, 0) is 59.1 Å². The van der Waals surface area contributed by atoms with Gasteiger partial charge in [0, 0.05) is 10.4 Å². The first-order chi connectivity index (χ1) is 14.1. The third kappa shape index (κ3) is 3.92. The third-order valence-corrected chi connectivity index (χ3v) is 5.95. The maximum absolute atomic E-state index is 13.6. The predicted octanol–water partition coefficient (Wildman–Crippen LogP) is 5.83. The standard InChI is InChI=1S/C19H10Cl2F3N3O2S/c20-10-3-1-9(13(7-10)19(22,23)24)6-11(15-17(28)25-18(29)30-15)8-2-4-14-12(5-8)16(21)27-26-14/h1-5,7H,6H2,(H,26,27)(H,25,28,29)/b15-11-. The van der Waals surface area contributed by atoms with Crippen molar-refractivity contribution in [3.8, 4) is 0 Å². The number of aromatic amines is 1. The van der Waals surface area contributed by atoms with Crippen molar-refractivity contribution in [2.45, 2.75) is 12.6 Å². The molecule has 1 aromatic heterocycles. The first kappa shape index (κ1) is 20.8. The summed E-state index contributed by atoms with van der Waals surface area (Å²) < 4.78 is 40.7. The number of nitrogens with one attached hydrogen (secondary N) is 2. The molecule has 1 aliphatic rings. The van der Waals surface area contributed by atoms with Crippen molar-refractivity contribution < 1.29 is 22.8 Å². The van der Waals surface area contributed by atoms with Crippen LogP contribution in [0, 0.1) is 0 Å². The van der Waals surface area contributed by atoms with E-state index in [1.807, 2.05) is 0 Å². The first-order valence-corrected chi connectivity index (χ1v) is 9.96. The lowest BCUT2D eigenvalue weighted by molar-refractivity contribution is -0.138. The van der Waals surface area contributed by atoms with Crippen molar-refractivity contribution in [2.24, 2.45) is 0 Å². The van der Waals surface area contributed by atoms with Crippen LogP contribution in [0.1, 0.15) is 16.7 Å². The lowest BCUT2D eigenvalue weighted by Crippen LogP contribution is -2.18. The molecule has 5 nitrogen and oxygen atoms in total. The number of fused-ring (bicyclic) bond motifs is 1. The Morgan fingerprint density at radius 3 is 2.53 bits per heavy atom. The van der Waals surface area contributed by atoms with Gasteiger partial charge in [-0.15, -0.1) is 0 Å². The summed E-state index contributed by atoms with van der Waals surface area (Å²) in [5.41, 5.74) is 0.331. The number of allylic oxidation sites excluding steroid dienone is 1. The Hall–Kier alpha value is -2.49. The molecule has 0 aliphatic carbocycles. The van der Waals surface area contributed by atoms with E-state index >= 15 is 0 Å². The number of aromatic nitrogens is 2. The fourth-order valence-electron chi connectivity index (χ4n) is 3.15. The van der Waals surface area contributed by atoms with E-state index < -0.39 is 22.9 Å². The minimum Gasteiger partial charge on any atom is -0.282 e. The van der Waals surface area contributed by atoms with Crippen LogP contribution in [0.5, 0.6) is 0 Å². The summed E-state index contributed by atoms with van der Waals surface area (Å²) >= 11 is 12.5. The van der Waals surface area contributed by atoms with E-state index in [0.717, 1.165) is 6.07 Å². The zero-order valence-electron chi connectivity index (χ0n) is 14.7. The molecule has 4 rings (SSSR count). The zero-order valence-corrected chi connectivity index (χ0v) is 17.1. The molecule has 0 spiro atoms. The molecule has 11 heteroatoms. The smallest absolute Gasteiger partial charge is 0.282 e. The molecule has 154 valence electrons. The predicted molar refractivity (Wildman–Crippen MR) is 109 cm³/mol. The molecule has 30 heavy (non-hydrogen) atoms. The van der Waals surface area contributed by atoms with Gasteiger partial charge in [0.2, 0.25) is 0 Å². The Morgan fingerprint density at radius 2 is 1.87 bits per heavy atom. The number of rotatable bonds is 3. The van der Waals surface area contributed by atoms with Crippen LogP contribution in [0.4, 0.5) is 18.0 Å². The fourth-order valence-corrected chi connectivity index (χ4v) is 4.31. The van der Waals surface area contributed by atoms with E-state index in [9.17, 15) is 22.8 Å². The zero-order chi connectivity index (χ0) is 21.6. The minimum absolute atomic E-state index is 0.0297. The maximum Gasteiger partial charge on any atom is 0.416 e. The van der Waals surface area contributed by atoms with Crippen LogP contribution in [0.25, 0.3) is 16.5 Å². The molecule has 0 unspecified atom stereocenters. The van der Waals surface area contributed by atoms with E-state index in [1.54, 1.807) is 18.2 Å². The summed E-state index contributed by atoms with van der Waals surface area (Å²) in [6.07, 6.45) is -4.90. The summed E-state index contributed by atoms with van der Waals surface area (Å²) in [6.45, 7) is 0. The number of amides is 2. The van der Waals surface area contributed by atoms with Gasteiger partial charge in [0.1, 0.15) is 0 Å². The number of thioether (sulfide) groups is 1. The van der Waals surface area contributed by atoms with Crippen molar-refractivity contribution in [2.75, 3.05) is 0 Å². The topological polar surface area (TPSA) is 74.8 Å². The van der Waals surface area contributed by atoms with Crippen LogP contribution in [0.15, 0.2) is 41.3 Å². The molecule has 1 fully saturated rings. The van der Waals surface area contributed by atoms with Gasteiger partial charge in [0.05, 0.1) is 16.0 Å².